The first-order valence-electron chi connectivity index (χ1n) is 5.40. The second-order valence-electron chi connectivity index (χ2n) is 4.52. The summed E-state index contributed by atoms with van der Waals surface area (Å²) in [6, 6.07) is 6.35. The smallest absolute Gasteiger partial charge is 0.124 e. The van der Waals surface area contributed by atoms with Gasteiger partial charge in [0.1, 0.15) is 5.75 Å². The summed E-state index contributed by atoms with van der Waals surface area (Å²) in [4.78, 5) is 2.15. The Morgan fingerprint density at radius 2 is 1.93 bits per heavy atom. The Kier molecular flexibility index (Phi) is 4.15. The fourth-order valence-electron chi connectivity index (χ4n) is 1.54. The summed E-state index contributed by atoms with van der Waals surface area (Å²) in [6.45, 7) is 7.14. The van der Waals surface area contributed by atoms with E-state index in [2.05, 4.69) is 58.0 Å². The molecule has 0 N–H and O–H groups in total. The van der Waals surface area contributed by atoms with Gasteiger partial charge in [0, 0.05) is 12.1 Å². The highest BCUT2D eigenvalue weighted by molar-refractivity contribution is 5.36. The van der Waals surface area contributed by atoms with Crippen molar-refractivity contribution in [3.63, 3.8) is 0 Å². The third-order valence-corrected chi connectivity index (χ3v) is 2.07. The number of benzene rings is 1. The Bertz CT molecular complexity index is 318. The molecule has 15 heavy (non-hydrogen) atoms. The van der Waals surface area contributed by atoms with Gasteiger partial charge in [-0.25, -0.2) is 0 Å². The minimum atomic E-state index is 0.230. The molecule has 84 valence electrons. The lowest BCUT2D eigenvalue weighted by Crippen LogP contribution is -2.14. The zero-order valence-electron chi connectivity index (χ0n) is 10.4. The van der Waals surface area contributed by atoms with E-state index in [1.807, 2.05) is 0 Å². The minimum Gasteiger partial charge on any atom is -0.491 e. The van der Waals surface area contributed by atoms with Crippen LogP contribution in [0.2, 0.25) is 0 Å². The van der Waals surface area contributed by atoms with Crippen molar-refractivity contribution in [2.75, 3.05) is 14.1 Å². The molecule has 1 rings (SSSR count). The average Bonchev–Trinajstić information content (AvgIpc) is 2.08. The number of hydrogen-bond acceptors (Lipinski definition) is 2. The van der Waals surface area contributed by atoms with Crippen molar-refractivity contribution in [3.8, 4) is 5.75 Å². The Labute approximate surface area is 92.9 Å². The lowest BCUT2D eigenvalue weighted by Gasteiger charge is -2.17. The molecule has 0 saturated carbocycles. The zero-order valence-corrected chi connectivity index (χ0v) is 10.4. The molecule has 0 heterocycles. The summed E-state index contributed by atoms with van der Waals surface area (Å²) in [5.74, 6) is 1.00. The first-order chi connectivity index (χ1) is 6.99. The minimum absolute atomic E-state index is 0.230. The maximum Gasteiger partial charge on any atom is 0.124 e. The first-order valence-corrected chi connectivity index (χ1v) is 5.40. The van der Waals surface area contributed by atoms with Gasteiger partial charge in [0.05, 0.1) is 6.10 Å². The third kappa shape index (κ3) is 3.92. The summed E-state index contributed by atoms with van der Waals surface area (Å²) >= 11 is 0. The highest BCUT2D eigenvalue weighted by Gasteiger charge is 2.06. The number of nitrogens with zero attached hydrogens (tertiary/aromatic N) is 1. The van der Waals surface area contributed by atoms with Crippen LogP contribution in [0.25, 0.3) is 0 Å². The maximum atomic E-state index is 5.77. The van der Waals surface area contributed by atoms with E-state index >= 15 is 0 Å². The monoisotopic (exact) mass is 207 g/mol. The molecule has 0 aliphatic rings. The molecule has 2 nitrogen and oxygen atoms in total. The van der Waals surface area contributed by atoms with Crippen LogP contribution in [0.1, 0.15) is 25.0 Å². The number of ether oxygens (including phenoxy) is 1. The highest BCUT2D eigenvalue weighted by Crippen LogP contribution is 2.22. The molecule has 1 aromatic carbocycles. The Morgan fingerprint density at radius 1 is 1.27 bits per heavy atom. The van der Waals surface area contributed by atoms with Gasteiger partial charge in [-0.15, -0.1) is 0 Å². The molecule has 0 unspecified atom stereocenters. The molecule has 0 spiro atoms. The van der Waals surface area contributed by atoms with Crippen molar-refractivity contribution in [1.82, 2.24) is 4.90 Å². The highest BCUT2D eigenvalue weighted by atomic mass is 16.5. The second kappa shape index (κ2) is 5.17. The second-order valence-corrected chi connectivity index (χ2v) is 4.52. The van der Waals surface area contributed by atoms with E-state index < -0.39 is 0 Å². The predicted molar refractivity (Wildman–Crippen MR) is 64.3 cm³/mol. The molecule has 0 amide bonds. The van der Waals surface area contributed by atoms with E-state index in [1.54, 1.807) is 0 Å². The van der Waals surface area contributed by atoms with E-state index in [0.717, 1.165) is 12.3 Å². The lowest BCUT2D eigenvalue weighted by molar-refractivity contribution is 0.236. The molecule has 0 aliphatic carbocycles. The molecule has 0 fully saturated rings. The fourth-order valence-corrected chi connectivity index (χ4v) is 1.54. The van der Waals surface area contributed by atoms with Crippen LogP contribution in [0.15, 0.2) is 18.2 Å². The summed E-state index contributed by atoms with van der Waals surface area (Å²) in [5, 5.41) is 0. The average molecular weight is 207 g/mol. The number of aryl methyl sites for hydroxylation is 1. The van der Waals surface area contributed by atoms with Crippen LogP contribution in [-0.2, 0) is 6.54 Å². The molecule has 2 heteroatoms. The molecule has 0 atom stereocenters. The number of rotatable bonds is 4. The molecule has 0 bridgehead atoms. The van der Waals surface area contributed by atoms with Crippen molar-refractivity contribution in [3.05, 3.63) is 29.3 Å². The molecular weight excluding hydrogens is 186 g/mol. The quantitative estimate of drug-likeness (QED) is 0.752. The molecule has 1 aromatic rings. The fraction of sp³-hybridized carbons (Fsp3) is 0.538. The SMILES string of the molecule is Cc1ccc(OC(C)C)c(CN(C)C)c1. The largest absolute Gasteiger partial charge is 0.491 e. The Hall–Kier alpha value is -1.02. The van der Waals surface area contributed by atoms with Gasteiger partial charge in [-0.1, -0.05) is 17.7 Å². The van der Waals surface area contributed by atoms with Gasteiger partial charge in [-0.05, 0) is 40.9 Å². The van der Waals surface area contributed by atoms with Crippen LogP contribution in [0.3, 0.4) is 0 Å². The lowest BCUT2D eigenvalue weighted by atomic mass is 10.1. The van der Waals surface area contributed by atoms with Gasteiger partial charge >= 0.3 is 0 Å². The maximum absolute atomic E-state index is 5.77. The van der Waals surface area contributed by atoms with Crippen molar-refractivity contribution in [2.45, 2.75) is 33.4 Å². The van der Waals surface area contributed by atoms with Crippen molar-refractivity contribution < 1.29 is 4.74 Å². The number of hydrogen-bond donors (Lipinski definition) is 0. The molecule has 0 aliphatic heterocycles. The van der Waals surface area contributed by atoms with E-state index in [4.69, 9.17) is 4.74 Å². The zero-order chi connectivity index (χ0) is 11.4. The molecule has 0 radical (unpaired) electrons. The van der Waals surface area contributed by atoms with Gasteiger partial charge in [0.2, 0.25) is 0 Å². The Morgan fingerprint density at radius 3 is 2.47 bits per heavy atom. The first kappa shape index (κ1) is 12.1. The summed E-state index contributed by atoms with van der Waals surface area (Å²) in [7, 11) is 4.14. The van der Waals surface area contributed by atoms with Gasteiger partial charge in [-0.3, -0.25) is 0 Å². The van der Waals surface area contributed by atoms with Crippen molar-refractivity contribution in [2.24, 2.45) is 0 Å². The molecule has 0 aromatic heterocycles. The van der Waals surface area contributed by atoms with Crippen LogP contribution in [0.5, 0.6) is 5.75 Å². The van der Waals surface area contributed by atoms with Gasteiger partial charge in [0.25, 0.3) is 0 Å². The predicted octanol–water partition coefficient (Wildman–Crippen LogP) is 2.84. The summed E-state index contributed by atoms with van der Waals surface area (Å²) in [5.41, 5.74) is 2.54. The van der Waals surface area contributed by atoms with E-state index in [9.17, 15) is 0 Å². The Balaban J connectivity index is 2.92. The van der Waals surface area contributed by atoms with Crippen LogP contribution in [0, 0.1) is 6.92 Å². The van der Waals surface area contributed by atoms with Gasteiger partial charge in [0.15, 0.2) is 0 Å². The van der Waals surface area contributed by atoms with E-state index in [1.165, 1.54) is 11.1 Å². The van der Waals surface area contributed by atoms with Crippen LogP contribution >= 0.6 is 0 Å². The molecule has 0 saturated heterocycles. The third-order valence-electron chi connectivity index (χ3n) is 2.07. The van der Waals surface area contributed by atoms with Crippen molar-refractivity contribution in [1.29, 1.82) is 0 Å². The van der Waals surface area contributed by atoms with Crippen molar-refractivity contribution >= 4 is 0 Å². The topological polar surface area (TPSA) is 12.5 Å². The van der Waals surface area contributed by atoms with E-state index in [0.29, 0.717) is 0 Å². The standard InChI is InChI=1S/C13H21NO/c1-10(2)15-13-7-6-11(3)8-12(13)9-14(4)5/h6-8,10H,9H2,1-5H3. The van der Waals surface area contributed by atoms with Crippen LogP contribution < -0.4 is 4.74 Å². The van der Waals surface area contributed by atoms with E-state index in [-0.39, 0.29) is 6.10 Å². The van der Waals surface area contributed by atoms with Crippen LogP contribution in [-0.4, -0.2) is 25.1 Å². The summed E-state index contributed by atoms with van der Waals surface area (Å²) < 4.78 is 5.77. The normalized spacial score (nSPS) is 11.1. The van der Waals surface area contributed by atoms with Crippen LogP contribution in [0.4, 0.5) is 0 Å². The van der Waals surface area contributed by atoms with Gasteiger partial charge in [-0.2, -0.15) is 0 Å². The van der Waals surface area contributed by atoms with Gasteiger partial charge < -0.3 is 9.64 Å². The molecular formula is C13H21NO. The summed E-state index contributed by atoms with van der Waals surface area (Å²) in [6.07, 6.45) is 0.230.